The molecule has 0 fully saturated rings. The first kappa shape index (κ1) is 16.1. The molecule has 0 spiro atoms. The first-order valence-electron chi connectivity index (χ1n) is 5.89. The summed E-state index contributed by atoms with van der Waals surface area (Å²) in [6.07, 6.45) is -0.483. The summed E-state index contributed by atoms with van der Waals surface area (Å²) in [4.78, 5) is 20.8. The van der Waals surface area contributed by atoms with Crippen molar-refractivity contribution in [3.05, 3.63) is 39.9 Å². The molecule has 0 aliphatic rings. The van der Waals surface area contributed by atoms with E-state index >= 15 is 0 Å². The summed E-state index contributed by atoms with van der Waals surface area (Å²) in [5.41, 5.74) is 0.192. The minimum atomic E-state index is -3.60. The Kier molecular flexibility index (Phi) is 5.20. The molecular formula is C12H15NO6S. The summed E-state index contributed by atoms with van der Waals surface area (Å²) in [5, 5.41) is 18.4. The molecule has 1 rings (SSSR count). The van der Waals surface area contributed by atoms with Crippen molar-refractivity contribution in [1.82, 2.24) is 0 Å². The first-order valence-corrected chi connectivity index (χ1v) is 7.61. The second-order valence-corrected chi connectivity index (χ2v) is 6.95. The maximum Gasteiger partial charge on any atom is 0.304 e. The Balaban J connectivity index is 2.81. The van der Waals surface area contributed by atoms with Gasteiger partial charge in [0.1, 0.15) is 0 Å². The summed E-state index contributed by atoms with van der Waals surface area (Å²) in [5.74, 6) is -1.50. The van der Waals surface area contributed by atoms with Gasteiger partial charge in [0.2, 0.25) is 0 Å². The standard InChI is InChI=1S/C12H15NO6S/c1-9(8-12(14)15)20(18,19)7-6-10-4-2-3-5-11(10)13(16)17/h2-5,9H,6-8H2,1H3,(H,14,15). The number of para-hydroxylation sites is 1. The number of nitrogens with zero attached hydrogens (tertiary/aromatic N) is 1. The maximum atomic E-state index is 11.9. The van der Waals surface area contributed by atoms with Gasteiger partial charge in [-0.05, 0) is 13.3 Å². The molecule has 0 aromatic heterocycles. The number of nitro benzene ring substituents is 1. The monoisotopic (exact) mass is 301 g/mol. The highest BCUT2D eigenvalue weighted by atomic mass is 32.2. The molecule has 0 bridgehead atoms. The van der Waals surface area contributed by atoms with Crippen LogP contribution < -0.4 is 0 Å². The third-order valence-electron chi connectivity index (χ3n) is 2.92. The highest BCUT2D eigenvalue weighted by Gasteiger charge is 2.24. The lowest BCUT2D eigenvalue weighted by atomic mass is 10.1. The van der Waals surface area contributed by atoms with Crippen LogP contribution in [0.2, 0.25) is 0 Å². The molecule has 0 radical (unpaired) electrons. The molecule has 0 saturated carbocycles. The molecule has 1 aromatic rings. The predicted molar refractivity (Wildman–Crippen MR) is 72.3 cm³/mol. The van der Waals surface area contributed by atoms with Gasteiger partial charge in [-0.25, -0.2) is 8.42 Å². The molecule has 1 aromatic carbocycles. The molecule has 7 nitrogen and oxygen atoms in total. The molecule has 20 heavy (non-hydrogen) atoms. The second-order valence-electron chi connectivity index (χ2n) is 4.41. The second kappa shape index (κ2) is 6.47. The number of hydrogen-bond acceptors (Lipinski definition) is 5. The third kappa shape index (κ3) is 4.30. The number of hydrogen-bond donors (Lipinski definition) is 1. The highest BCUT2D eigenvalue weighted by Crippen LogP contribution is 2.19. The molecule has 0 aliphatic carbocycles. The molecule has 0 saturated heterocycles. The van der Waals surface area contributed by atoms with Crippen molar-refractivity contribution in [3.63, 3.8) is 0 Å². The first-order chi connectivity index (χ1) is 9.24. The van der Waals surface area contributed by atoms with E-state index in [4.69, 9.17) is 5.11 Å². The lowest BCUT2D eigenvalue weighted by molar-refractivity contribution is -0.385. The largest absolute Gasteiger partial charge is 0.481 e. The number of carboxylic acids is 1. The topological polar surface area (TPSA) is 115 Å². The Morgan fingerprint density at radius 3 is 2.55 bits per heavy atom. The van der Waals surface area contributed by atoms with Crippen LogP contribution in [0.4, 0.5) is 5.69 Å². The van der Waals surface area contributed by atoms with Crippen LogP contribution >= 0.6 is 0 Å². The Morgan fingerprint density at radius 1 is 1.40 bits per heavy atom. The van der Waals surface area contributed by atoms with Crippen molar-refractivity contribution >= 4 is 21.5 Å². The van der Waals surface area contributed by atoms with Gasteiger partial charge in [-0.1, -0.05) is 18.2 Å². The molecule has 0 heterocycles. The third-order valence-corrected chi connectivity index (χ3v) is 5.09. The van der Waals surface area contributed by atoms with Crippen LogP contribution in [0.5, 0.6) is 0 Å². The summed E-state index contributed by atoms with van der Waals surface area (Å²) in [7, 11) is -3.60. The Morgan fingerprint density at radius 2 is 2.00 bits per heavy atom. The lowest BCUT2D eigenvalue weighted by Crippen LogP contribution is -2.25. The lowest BCUT2D eigenvalue weighted by Gasteiger charge is -2.10. The van der Waals surface area contributed by atoms with Gasteiger partial charge in [-0.3, -0.25) is 14.9 Å². The van der Waals surface area contributed by atoms with Crippen LogP contribution in [0.1, 0.15) is 18.9 Å². The fourth-order valence-electron chi connectivity index (χ4n) is 1.73. The van der Waals surface area contributed by atoms with Crippen LogP contribution in [0.25, 0.3) is 0 Å². The smallest absolute Gasteiger partial charge is 0.304 e. The normalized spacial score (nSPS) is 12.8. The molecular weight excluding hydrogens is 286 g/mol. The fraction of sp³-hybridized carbons (Fsp3) is 0.417. The Labute approximate surface area is 116 Å². The van der Waals surface area contributed by atoms with Gasteiger partial charge in [0, 0.05) is 11.6 Å². The SMILES string of the molecule is CC(CC(=O)O)S(=O)(=O)CCc1ccccc1[N+](=O)[O-]. The number of nitro groups is 1. The minimum Gasteiger partial charge on any atom is -0.481 e. The van der Waals surface area contributed by atoms with Crippen LogP contribution in [-0.2, 0) is 21.1 Å². The molecule has 1 unspecified atom stereocenters. The molecule has 8 heteroatoms. The van der Waals surface area contributed by atoms with Crippen molar-refractivity contribution in [2.75, 3.05) is 5.75 Å². The molecule has 0 aliphatic heterocycles. The molecule has 1 N–H and O–H groups in total. The maximum absolute atomic E-state index is 11.9. The zero-order valence-corrected chi connectivity index (χ0v) is 11.7. The van der Waals surface area contributed by atoms with E-state index in [0.29, 0.717) is 5.56 Å². The molecule has 110 valence electrons. The van der Waals surface area contributed by atoms with Gasteiger partial charge in [0.05, 0.1) is 22.3 Å². The number of sulfone groups is 1. The van der Waals surface area contributed by atoms with Crippen molar-refractivity contribution < 1.29 is 23.2 Å². The Bertz CT molecular complexity index is 610. The number of aliphatic carboxylic acids is 1. The van der Waals surface area contributed by atoms with Gasteiger partial charge in [-0.15, -0.1) is 0 Å². The van der Waals surface area contributed by atoms with Crippen LogP contribution in [-0.4, -0.2) is 35.4 Å². The van der Waals surface area contributed by atoms with E-state index in [1.54, 1.807) is 6.07 Å². The number of rotatable bonds is 7. The Hall–Kier alpha value is -1.96. The number of carboxylic acid groups (broad SMARTS) is 1. The average molecular weight is 301 g/mol. The van der Waals surface area contributed by atoms with E-state index in [-0.39, 0.29) is 17.9 Å². The predicted octanol–water partition coefficient (Wildman–Crippen LogP) is 1.42. The minimum absolute atomic E-state index is 0.0105. The van der Waals surface area contributed by atoms with Crippen molar-refractivity contribution in [2.24, 2.45) is 0 Å². The van der Waals surface area contributed by atoms with Gasteiger partial charge in [0.25, 0.3) is 5.69 Å². The van der Waals surface area contributed by atoms with Crippen LogP contribution in [0.3, 0.4) is 0 Å². The van der Waals surface area contributed by atoms with Crippen LogP contribution in [0, 0.1) is 10.1 Å². The van der Waals surface area contributed by atoms with Gasteiger partial charge < -0.3 is 5.11 Å². The number of benzene rings is 1. The van der Waals surface area contributed by atoms with Crippen molar-refractivity contribution in [3.8, 4) is 0 Å². The summed E-state index contributed by atoms with van der Waals surface area (Å²) < 4.78 is 23.8. The molecule has 1 atom stereocenters. The van der Waals surface area contributed by atoms with E-state index in [1.807, 2.05) is 0 Å². The summed E-state index contributed by atoms with van der Waals surface area (Å²) >= 11 is 0. The highest BCUT2D eigenvalue weighted by molar-refractivity contribution is 7.92. The molecule has 0 amide bonds. The zero-order chi connectivity index (χ0) is 15.3. The van der Waals surface area contributed by atoms with E-state index < -0.39 is 32.4 Å². The quantitative estimate of drug-likeness (QED) is 0.601. The average Bonchev–Trinajstić information content (AvgIpc) is 2.35. The number of carbonyl (C=O) groups is 1. The summed E-state index contributed by atoms with van der Waals surface area (Å²) in [6.45, 7) is 1.32. The van der Waals surface area contributed by atoms with E-state index in [9.17, 15) is 23.3 Å². The van der Waals surface area contributed by atoms with Crippen molar-refractivity contribution in [2.45, 2.75) is 25.0 Å². The van der Waals surface area contributed by atoms with E-state index in [1.165, 1.54) is 25.1 Å². The van der Waals surface area contributed by atoms with Gasteiger partial charge in [-0.2, -0.15) is 0 Å². The van der Waals surface area contributed by atoms with Crippen LogP contribution in [0.15, 0.2) is 24.3 Å². The van der Waals surface area contributed by atoms with E-state index in [2.05, 4.69) is 0 Å². The van der Waals surface area contributed by atoms with Gasteiger partial charge in [0.15, 0.2) is 9.84 Å². The fourth-order valence-corrected chi connectivity index (χ4v) is 3.03. The number of aryl methyl sites for hydroxylation is 1. The van der Waals surface area contributed by atoms with Crippen molar-refractivity contribution in [1.29, 1.82) is 0 Å². The van der Waals surface area contributed by atoms with E-state index in [0.717, 1.165) is 0 Å². The summed E-state index contributed by atoms with van der Waals surface area (Å²) in [6, 6.07) is 5.90. The van der Waals surface area contributed by atoms with Gasteiger partial charge >= 0.3 is 5.97 Å². The zero-order valence-electron chi connectivity index (χ0n) is 10.9.